The number of nitrogens with one attached hydrogen (secondary N) is 2. The first-order valence-electron chi connectivity index (χ1n) is 8.33. The number of benzene rings is 1. The Kier molecular flexibility index (Phi) is 12.3. The van der Waals surface area contributed by atoms with E-state index in [1.165, 1.54) is 19.3 Å². The summed E-state index contributed by atoms with van der Waals surface area (Å²) in [4.78, 5) is 17.6. The zero-order chi connectivity index (χ0) is 17.1. The molecule has 0 radical (unpaired) electrons. The van der Waals surface area contributed by atoms with E-state index in [1.807, 2.05) is 24.3 Å². The molecule has 0 heterocycles. The van der Waals surface area contributed by atoms with Gasteiger partial charge in [-0.1, -0.05) is 38.3 Å². The lowest BCUT2D eigenvalue weighted by Crippen LogP contribution is -2.37. The summed E-state index contributed by atoms with van der Waals surface area (Å²) in [6.45, 7) is 3.84. The minimum Gasteiger partial charge on any atom is -0.356 e. The van der Waals surface area contributed by atoms with E-state index in [1.54, 1.807) is 26.0 Å². The number of hydrogen-bond donors (Lipinski definition) is 2. The van der Waals surface area contributed by atoms with Gasteiger partial charge in [-0.05, 0) is 24.1 Å². The van der Waals surface area contributed by atoms with Crippen molar-refractivity contribution >= 4 is 35.8 Å². The molecule has 0 aliphatic rings. The van der Waals surface area contributed by atoms with Crippen molar-refractivity contribution in [3.8, 4) is 0 Å². The quantitative estimate of drug-likeness (QED) is 0.279. The molecule has 0 saturated carbocycles. The first-order valence-corrected chi connectivity index (χ1v) is 8.33. The van der Waals surface area contributed by atoms with Gasteiger partial charge in [0.1, 0.15) is 0 Å². The number of rotatable bonds is 8. The second-order valence-corrected chi connectivity index (χ2v) is 5.81. The molecule has 0 atom stereocenters. The van der Waals surface area contributed by atoms with Crippen molar-refractivity contribution in [1.82, 2.24) is 15.5 Å². The highest BCUT2D eigenvalue weighted by Gasteiger charge is 2.07. The number of unbranched alkanes of at least 4 members (excludes halogenated alkanes) is 3. The maximum atomic E-state index is 11.8. The van der Waals surface area contributed by atoms with Gasteiger partial charge >= 0.3 is 0 Å². The van der Waals surface area contributed by atoms with Gasteiger partial charge in [0.05, 0.1) is 0 Å². The third kappa shape index (κ3) is 8.52. The minimum atomic E-state index is 0. The standard InChI is InChI=1S/C18H30N4O.HI/c1-5-6-7-8-13-20-18(19-2)21-14-15-9-11-16(12-10-15)17(23)22(3)4;/h9-12H,5-8,13-14H2,1-4H3,(H2,19,20,21);1H. The van der Waals surface area contributed by atoms with E-state index < -0.39 is 0 Å². The molecule has 1 rings (SSSR count). The molecule has 0 fully saturated rings. The van der Waals surface area contributed by atoms with Gasteiger partial charge in [-0.15, -0.1) is 24.0 Å². The van der Waals surface area contributed by atoms with Crippen LogP contribution in [-0.2, 0) is 6.54 Å². The highest BCUT2D eigenvalue weighted by atomic mass is 127. The maximum absolute atomic E-state index is 11.8. The Morgan fingerprint density at radius 2 is 1.75 bits per heavy atom. The highest BCUT2D eigenvalue weighted by Crippen LogP contribution is 2.06. The zero-order valence-corrected chi connectivity index (χ0v) is 17.6. The monoisotopic (exact) mass is 446 g/mol. The number of hydrogen-bond acceptors (Lipinski definition) is 2. The molecule has 1 amide bonds. The zero-order valence-electron chi connectivity index (χ0n) is 15.3. The summed E-state index contributed by atoms with van der Waals surface area (Å²) in [5.74, 6) is 0.837. The Hall–Kier alpha value is -1.31. The lowest BCUT2D eigenvalue weighted by Gasteiger charge is -2.13. The first-order chi connectivity index (χ1) is 11.1. The maximum Gasteiger partial charge on any atom is 0.253 e. The van der Waals surface area contributed by atoms with Crippen LogP contribution in [0.25, 0.3) is 0 Å². The predicted molar refractivity (Wildman–Crippen MR) is 112 cm³/mol. The molecular formula is C18H31IN4O. The van der Waals surface area contributed by atoms with Crippen molar-refractivity contribution in [2.45, 2.75) is 39.2 Å². The molecule has 2 N–H and O–H groups in total. The van der Waals surface area contributed by atoms with Crippen molar-refractivity contribution < 1.29 is 4.79 Å². The van der Waals surface area contributed by atoms with Crippen LogP contribution >= 0.6 is 24.0 Å². The lowest BCUT2D eigenvalue weighted by atomic mass is 10.1. The second-order valence-electron chi connectivity index (χ2n) is 5.81. The Morgan fingerprint density at radius 3 is 2.29 bits per heavy atom. The predicted octanol–water partition coefficient (Wildman–Crippen LogP) is 3.25. The molecule has 0 aromatic heterocycles. The summed E-state index contributed by atoms with van der Waals surface area (Å²) in [5, 5.41) is 6.61. The number of nitrogens with zero attached hydrogens (tertiary/aromatic N) is 2. The number of carbonyl (C=O) groups is 1. The molecule has 6 heteroatoms. The molecule has 0 spiro atoms. The van der Waals surface area contributed by atoms with Crippen molar-refractivity contribution in [3.63, 3.8) is 0 Å². The molecule has 0 bridgehead atoms. The van der Waals surface area contributed by atoms with E-state index in [9.17, 15) is 4.79 Å². The largest absolute Gasteiger partial charge is 0.356 e. The molecule has 0 saturated heterocycles. The van der Waals surface area contributed by atoms with E-state index in [2.05, 4.69) is 22.5 Å². The molecule has 1 aromatic rings. The van der Waals surface area contributed by atoms with Gasteiger partial charge in [0.15, 0.2) is 5.96 Å². The molecule has 1 aromatic carbocycles. The summed E-state index contributed by atoms with van der Waals surface area (Å²) < 4.78 is 0. The average molecular weight is 446 g/mol. The van der Waals surface area contributed by atoms with Gasteiger partial charge in [-0.25, -0.2) is 0 Å². The fraction of sp³-hybridized carbons (Fsp3) is 0.556. The van der Waals surface area contributed by atoms with Crippen LogP contribution < -0.4 is 10.6 Å². The van der Waals surface area contributed by atoms with E-state index in [-0.39, 0.29) is 29.9 Å². The molecular weight excluding hydrogens is 415 g/mol. The third-order valence-corrected chi connectivity index (χ3v) is 3.61. The number of guanidine groups is 1. The van der Waals surface area contributed by atoms with Crippen molar-refractivity contribution in [2.75, 3.05) is 27.7 Å². The van der Waals surface area contributed by atoms with E-state index >= 15 is 0 Å². The van der Waals surface area contributed by atoms with Crippen LogP contribution in [0.3, 0.4) is 0 Å². The number of carbonyl (C=O) groups excluding carboxylic acids is 1. The summed E-state index contributed by atoms with van der Waals surface area (Å²) in [6, 6.07) is 7.66. The van der Waals surface area contributed by atoms with Crippen LogP contribution in [0.2, 0.25) is 0 Å². The molecule has 0 aliphatic carbocycles. The van der Waals surface area contributed by atoms with Crippen LogP contribution in [0.5, 0.6) is 0 Å². The van der Waals surface area contributed by atoms with Gasteiger partial charge in [-0.3, -0.25) is 9.79 Å². The van der Waals surface area contributed by atoms with Crippen LogP contribution in [0.15, 0.2) is 29.3 Å². The number of aliphatic imine (C=N–C) groups is 1. The summed E-state index contributed by atoms with van der Waals surface area (Å²) in [5.41, 5.74) is 1.83. The molecule has 24 heavy (non-hydrogen) atoms. The van der Waals surface area contributed by atoms with E-state index in [4.69, 9.17) is 0 Å². The van der Waals surface area contributed by atoms with Crippen LogP contribution in [-0.4, -0.2) is 44.5 Å². The molecule has 136 valence electrons. The smallest absolute Gasteiger partial charge is 0.253 e. The number of amides is 1. The molecule has 0 aliphatic heterocycles. The third-order valence-electron chi connectivity index (χ3n) is 3.61. The average Bonchev–Trinajstić information content (AvgIpc) is 2.57. The topological polar surface area (TPSA) is 56.7 Å². The minimum absolute atomic E-state index is 0. The fourth-order valence-corrected chi connectivity index (χ4v) is 2.19. The molecule has 0 unspecified atom stereocenters. The van der Waals surface area contributed by atoms with Gasteiger partial charge in [0.25, 0.3) is 5.91 Å². The van der Waals surface area contributed by atoms with Crippen molar-refractivity contribution in [2.24, 2.45) is 4.99 Å². The Balaban J connectivity index is 0.00000529. The van der Waals surface area contributed by atoms with Crippen LogP contribution in [0.4, 0.5) is 0 Å². The summed E-state index contributed by atoms with van der Waals surface area (Å²) in [6.07, 6.45) is 4.95. The van der Waals surface area contributed by atoms with Crippen LogP contribution in [0.1, 0.15) is 48.5 Å². The van der Waals surface area contributed by atoms with Gasteiger partial charge in [0, 0.05) is 39.8 Å². The van der Waals surface area contributed by atoms with Crippen LogP contribution in [0, 0.1) is 0 Å². The fourth-order valence-electron chi connectivity index (χ4n) is 2.19. The summed E-state index contributed by atoms with van der Waals surface area (Å²) in [7, 11) is 5.29. The van der Waals surface area contributed by atoms with Gasteiger partial charge in [-0.2, -0.15) is 0 Å². The highest BCUT2D eigenvalue weighted by molar-refractivity contribution is 14.0. The van der Waals surface area contributed by atoms with E-state index in [0.717, 1.165) is 24.5 Å². The summed E-state index contributed by atoms with van der Waals surface area (Å²) >= 11 is 0. The Labute approximate surface area is 163 Å². The van der Waals surface area contributed by atoms with Gasteiger partial charge in [0.2, 0.25) is 0 Å². The van der Waals surface area contributed by atoms with Crippen molar-refractivity contribution in [3.05, 3.63) is 35.4 Å². The van der Waals surface area contributed by atoms with Crippen molar-refractivity contribution in [1.29, 1.82) is 0 Å². The normalized spacial score (nSPS) is 10.8. The van der Waals surface area contributed by atoms with Gasteiger partial charge < -0.3 is 15.5 Å². The Morgan fingerprint density at radius 1 is 1.08 bits per heavy atom. The molecule has 5 nitrogen and oxygen atoms in total. The second kappa shape index (κ2) is 13.0. The van der Waals surface area contributed by atoms with E-state index in [0.29, 0.717) is 12.1 Å². The Bertz CT molecular complexity index is 500. The first kappa shape index (κ1) is 22.7. The lowest BCUT2D eigenvalue weighted by molar-refractivity contribution is 0.0827. The SMILES string of the molecule is CCCCCCNC(=NC)NCc1ccc(C(=O)N(C)C)cc1.I. The number of halogens is 1.